The average molecular weight is 334 g/mol. The van der Waals surface area contributed by atoms with E-state index in [1.807, 2.05) is 0 Å². The van der Waals surface area contributed by atoms with Crippen LogP contribution in [0.15, 0.2) is 18.2 Å². The number of nitro groups is 1. The maximum atomic E-state index is 11.9. The predicted molar refractivity (Wildman–Crippen MR) is 87.7 cm³/mol. The molecule has 24 heavy (non-hydrogen) atoms. The Morgan fingerprint density at radius 1 is 1.29 bits per heavy atom. The minimum Gasteiger partial charge on any atom is -0.452 e. The number of amides is 1. The predicted octanol–water partition coefficient (Wildman–Crippen LogP) is 2.75. The summed E-state index contributed by atoms with van der Waals surface area (Å²) >= 11 is 0. The quantitative estimate of drug-likeness (QED) is 0.507. The number of aryl methyl sites for hydroxylation is 1. The molecular weight excluding hydrogens is 312 g/mol. The maximum absolute atomic E-state index is 11.9. The van der Waals surface area contributed by atoms with Crippen LogP contribution < -0.4 is 5.32 Å². The third kappa shape index (κ3) is 4.78. The molecule has 7 nitrogen and oxygen atoms in total. The number of benzene rings is 1. The molecule has 1 aromatic carbocycles. The van der Waals surface area contributed by atoms with Gasteiger partial charge in [0, 0.05) is 17.7 Å². The summed E-state index contributed by atoms with van der Waals surface area (Å²) in [5.74, 6) is -0.400. The van der Waals surface area contributed by atoms with Crippen molar-refractivity contribution in [1.29, 1.82) is 0 Å². The summed E-state index contributed by atoms with van der Waals surface area (Å²) in [6.45, 7) is 3.40. The number of nitro benzene ring substituents is 1. The van der Waals surface area contributed by atoms with E-state index in [-0.39, 0.29) is 29.8 Å². The standard InChI is InChI=1S/C17H22N2O5/c1-11-3-7-14(8-4-11)18-16(20)10-24-17(21)13-6-5-12(2)15(9-13)19(22)23/h5-6,9,11,14H,3-4,7-8,10H2,1-2H3,(H,18,20). The van der Waals surface area contributed by atoms with Gasteiger partial charge in [-0.1, -0.05) is 13.0 Å². The van der Waals surface area contributed by atoms with Crippen LogP contribution in [0.4, 0.5) is 5.69 Å². The molecule has 2 rings (SSSR count). The molecule has 7 heteroatoms. The summed E-state index contributed by atoms with van der Waals surface area (Å²) < 4.78 is 4.95. The lowest BCUT2D eigenvalue weighted by atomic mass is 9.87. The van der Waals surface area contributed by atoms with Gasteiger partial charge in [-0.25, -0.2) is 4.79 Å². The highest BCUT2D eigenvalue weighted by atomic mass is 16.6. The van der Waals surface area contributed by atoms with E-state index in [2.05, 4.69) is 12.2 Å². The van der Waals surface area contributed by atoms with Crippen LogP contribution in [0, 0.1) is 23.0 Å². The van der Waals surface area contributed by atoms with Crippen molar-refractivity contribution in [2.24, 2.45) is 5.92 Å². The Bertz CT molecular complexity index is 636. The summed E-state index contributed by atoms with van der Waals surface area (Å²) in [4.78, 5) is 34.2. The summed E-state index contributed by atoms with van der Waals surface area (Å²) in [6, 6.07) is 4.23. The van der Waals surface area contributed by atoms with Gasteiger partial charge in [-0.2, -0.15) is 0 Å². The number of rotatable bonds is 5. The van der Waals surface area contributed by atoms with Gasteiger partial charge >= 0.3 is 5.97 Å². The van der Waals surface area contributed by atoms with Crippen molar-refractivity contribution >= 4 is 17.6 Å². The molecule has 0 heterocycles. The fourth-order valence-corrected chi connectivity index (χ4v) is 2.82. The van der Waals surface area contributed by atoms with Crippen LogP contribution in [-0.2, 0) is 9.53 Å². The Balaban J connectivity index is 1.85. The fourth-order valence-electron chi connectivity index (χ4n) is 2.82. The average Bonchev–Trinajstić information content (AvgIpc) is 2.55. The Morgan fingerprint density at radius 2 is 1.96 bits per heavy atom. The Hall–Kier alpha value is -2.44. The minimum absolute atomic E-state index is 0.0617. The number of carbonyl (C=O) groups is 2. The summed E-state index contributed by atoms with van der Waals surface area (Å²) in [5.41, 5.74) is 0.373. The monoisotopic (exact) mass is 334 g/mol. The minimum atomic E-state index is -0.745. The topological polar surface area (TPSA) is 98.5 Å². The zero-order valence-electron chi connectivity index (χ0n) is 13.9. The van der Waals surface area contributed by atoms with Gasteiger partial charge in [0.15, 0.2) is 6.61 Å². The molecule has 0 unspecified atom stereocenters. The van der Waals surface area contributed by atoms with Crippen LogP contribution in [0.2, 0.25) is 0 Å². The lowest BCUT2D eigenvalue weighted by molar-refractivity contribution is -0.385. The number of ether oxygens (including phenoxy) is 1. The second-order valence-corrected chi connectivity index (χ2v) is 6.36. The largest absolute Gasteiger partial charge is 0.452 e. The number of nitrogens with zero attached hydrogens (tertiary/aromatic N) is 1. The van der Waals surface area contributed by atoms with Gasteiger partial charge in [-0.05, 0) is 44.6 Å². The number of nitrogens with one attached hydrogen (secondary N) is 1. The highest BCUT2D eigenvalue weighted by Gasteiger charge is 2.21. The van der Waals surface area contributed by atoms with Gasteiger partial charge in [0.2, 0.25) is 0 Å². The van der Waals surface area contributed by atoms with E-state index in [1.54, 1.807) is 6.92 Å². The van der Waals surface area contributed by atoms with Crippen LogP contribution in [0.3, 0.4) is 0 Å². The second-order valence-electron chi connectivity index (χ2n) is 6.36. The molecule has 0 saturated heterocycles. The summed E-state index contributed by atoms with van der Waals surface area (Å²) in [7, 11) is 0. The number of esters is 1. The van der Waals surface area contributed by atoms with E-state index in [0.717, 1.165) is 31.7 Å². The zero-order valence-corrected chi connectivity index (χ0v) is 13.9. The van der Waals surface area contributed by atoms with Gasteiger partial charge in [-0.15, -0.1) is 0 Å². The number of hydrogen-bond donors (Lipinski definition) is 1. The van der Waals surface area contributed by atoms with Crippen LogP contribution in [0.5, 0.6) is 0 Å². The van der Waals surface area contributed by atoms with Crippen LogP contribution in [0.25, 0.3) is 0 Å². The number of carbonyl (C=O) groups excluding carboxylic acids is 2. The van der Waals surface area contributed by atoms with Gasteiger partial charge < -0.3 is 10.1 Å². The molecule has 1 N–H and O–H groups in total. The fraction of sp³-hybridized carbons (Fsp3) is 0.529. The molecule has 0 radical (unpaired) electrons. The van der Waals surface area contributed by atoms with Crippen molar-refractivity contribution in [3.63, 3.8) is 0 Å². The normalized spacial score (nSPS) is 20.2. The zero-order chi connectivity index (χ0) is 17.7. The maximum Gasteiger partial charge on any atom is 0.338 e. The van der Waals surface area contributed by atoms with Gasteiger partial charge in [0.25, 0.3) is 11.6 Å². The van der Waals surface area contributed by atoms with E-state index in [4.69, 9.17) is 4.74 Å². The Morgan fingerprint density at radius 3 is 2.58 bits per heavy atom. The van der Waals surface area contributed by atoms with Gasteiger partial charge in [0.1, 0.15) is 0 Å². The molecule has 130 valence electrons. The van der Waals surface area contributed by atoms with E-state index < -0.39 is 10.9 Å². The Labute approximate surface area is 140 Å². The Kier molecular flexibility index (Phi) is 5.89. The van der Waals surface area contributed by atoms with Gasteiger partial charge in [-0.3, -0.25) is 14.9 Å². The highest BCUT2D eigenvalue weighted by molar-refractivity contribution is 5.92. The first-order chi connectivity index (χ1) is 11.4. The van der Waals surface area contributed by atoms with Crippen molar-refractivity contribution < 1.29 is 19.2 Å². The van der Waals surface area contributed by atoms with Crippen LogP contribution in [-0.4, -0.2) is 29.4 Å². The molecule has 1 fully saturated rings. The number of hydrogen-bond acceptors (Lipinski definition) is 5. The third-order valence-electron chi connectivity index (χ3n) is 4.36. The van der Waals surface area contributed by atoms with Crippen LogP contribution in [0.1, 0.15) is 48.5 Å². The molecule has 0 spiro atoms. The summed E-state index contributed by atoms with van der Waals surface area (Å²) in [6.07, 6.45) is 4.03. The van der Waals surface area contributed by atoms with E-state index >= 15 is 0 Å². The molecule has 1 aliphatic carbocycles. The van der Waals surface area contributed by atoms with Crippen molar-refractivity contribution in [2.45, 2.75) is 45.6 Å². The lowest BCUT2D eigenvalue weighted by Gasteiger charge is -2.26. The van der Waals surface area contributed by atoms with Crippen LogP contribution >= 0.6 is 0 Å². The molecule has 0 bridgehead atoms. The molecule has 0 aromatic heterocycles. The molecule has 0 aliphatic heterocycles. The smallest absolute Gasteiger partial charge is 0.338 e. The van der Waals surface area contributed by atoms with Gasteiger partial charge in [0.05, 0.1) is 10.5 Å². The molecule has 0 atom stereocenters. The molecule has 1 aliphatic rings. The third-order valence-corrected chi connectivity index (χ3v) is 4.36. The van der Waals surface area contributed by atoms with Crippen molar-refractivity contribution in [3.05, 3.63) is 39.4 Å². The van der Waals surface area contributed by atoms with Crippen molar-refractivity contribution in [2.75, 3.05) is 6.61 Å². The molecule has 1 aromatic rings. The lowest BCUT2D eigenvalue weighted by Crippen LogP contribution is -2.39. The molecular formula is C17H22N2O5. The molecule has 1 saturated carbocycles. The first-order valence-corrected chi connectivity index (χ1v) is 8.08. The van der Waals surface area contributed by atoms with Crippen molar-refractivity contribution in [3.8, 4) is 0 Å². The second kappa shape index (κ2) is 7.90. The summed E-state index contributed by atoms with van der Waals surface area (Å²) in [5, 5.41) is 13.8. The highest BCUT2D eigenvalue weighted by Crippen LogP contribution is 2.23. The van der Waals surface area contributed by atoms with Crippen molar-refractivity contribution in [1.82, 2.24) is 5.32 Å². The first-order valence-electron chi connectivity index (χ1n) is 8.08. The SMILES string of the molecule is Cc1ccc(C(=O)OCC(=O)NC2CCC(C)CC2)cc1[N+](=O)[O-]. The molecule has 1 amide bonds. The van der Waals surface area contributed by atoms with E-state index in [1.165, 1.54) is 12.1 Å². The first kappa shape index (κ1) is 17.9. The van der Waals surface area contributed by atoms with E-state index in [0.29, 0.717) is 11.5 Å². The van der Waals surface area contributed by atoms with E-state index in [9.17, 15) is 19.7 Å².